The quantitative estimate of drug-likeness (QED) is 0.838. The average molecular weight is 262 g/mol. The van der Waals surface area contributed by atoms with E-state index in [1.54, 1.807) is 39.2 Å². The van der Waals surface area contributed by atoms with Gasteiger partial charge in [0.25, 0.3) is 5.91 Å². The molecule has 0 saturated heterocycles. The van der Waals surface area contributed by atoms with Crippen molar-refractivity contribution in [3.8, 4) is 5.75 Å². The lowest BCUT2D eigenvalue weighted by Crippen LogP contribution is -2.35. The maximum atomic E-state index is 11.6. The number of rotatable bonds is 3. The fraction of sp³-hybridized carbons (Fsp3) is 0.364. The third-order valence-corrected chi connectivity index (χ3v) is 2.53. The number of amides is 1. The third-order valence-electron chi connectivity index (χ3n) is 1.99. The maximum absolute atomic E-state index is 11.6. The number of carbonyl (C=O) groups excluding carboxylic acids is 1. The smallest absolute Gasteiger partial charge is 0.262 e. The van der Waals surface area contributed by atoms with Gasteiger partial charge in [0.2, 0.25) is 0 Å². The van der Waals surface area contributed by atoms with Gasteiger partial charge in [0.1, 0.15) is 5.75 Å². The van der Waals surface area contributed by atoms with Crippen molar-refractivity contribution in [2.24, 2.45) is 0 Å². The third kappa shape index (κ3) is 3.29. The summed E-state index contributed by atoms with van der Waals surface area (Å²) in [7, 11) is 3.34. The largest absolute Gasteiger partial charge is 0.479 e. The number of ether oxygens (including phenoxy) is 1. The molecule has 16 heavy (non-hydrogen) atoms. The molecular formula is C11H13Cl2NO2. The van der Waals surface area contributed by atoms with Crippen molar-refractivity contribution in [2.45, 2.75) is 13.0 Å². The molecule has 1 aromatic rings. The zero-order valence-corrected chi connectivity index (χ0v) is 10.8. The van der Waals surface area contributed by atoms with Gasteiger partial charge in [-0.05, 0) is 19.1 Å². The van der Waals surface area contributed by atoms with Crippen molar-refractivity contribution in [1.29, 1.82) is 0 Å². The highest BCUT2D eigenvalue weighted by atomic mass is 35.5. The van der Waals surface area contributed by atoms with Gasteiger partial charge in [0, 0.05) is 25.2 Å². The molecule has 0 radical (unpaired) electrons. The Balaban J connectivity index is 2.80. The number of hydrogen-bond acceptors (Lipinski definition) is 2. The van der Waals surface area contributed by atoms with E-state index in [9.17, 15) is 4.79 Å². The van der Waals surface area contributed by atoms with Crippen LogP contribution >= 0.6 is 23.2 Å². The van der Waals surface area contributed by atoms with E-state index in [1.807, 2.05) is 0 Å². The first kappa shape index (κ1) is 13.1. The molecule has 0 heterocycles. The number of nitrogens with zero attached hydrogens (tertiary/aromatic N) is 1. The normalized spacial score (nSPS) is 12.1. The Morgan fingerprint density at radius 3 is 2.56 bits per heavy atom. The van der Waals surface area contributed by atoms with E-state index in [-0.39, 0.29) is 5.91 Å². The van der Waals surface area contributed by atoms with E-state index in [0.29, 0.717) is 15.8 Å². The van der Waals surface area contributed by atoms with Gasteiger partial charge in [-0.3, -0.25) is 4.79 Å². The van der Waals surface area contributed by atoms with Gasteiger partial charge < -0.3 is 9.64 Å². The van der Waals surface area contributed by atoms with E-state index in [4.69, 9.17) is 27.9 Å². The summed E-state index contributed by atoms with van der Waals surface area (Å²) in [5, 5.41) is 0.951. The molecule has 0 bridgehead atoms. The van der Waals surface area contributed by atoms with Gasteiger partial charge in [0.15, 0.2) is 6.10 Å². The lowest BCUT2D eigenvalue weighted by molar-refractivity contribution is -0.135. The van der Waals surface area contributed by atoms with Crippen molar-refractivity contribution >= 4 is 29.1 Å². The second-order valence-electron chi connectivity index (χ2n) is 3.57. The minimum Gasteiger partial charge on any atom is -0.479 e. The summed E-state index contributed by atoms with van der Waals surface area (Å²) < 4.78 is 5.44. The van der Waals surface area contributed by atoms with Gasteiger partial charge in [-0.25, -0.2) is 0 Å². The van der Waals surface area contributed by atoms with Crippen LogP contribution in [0.1, 0.15) is 6.92 Å². The molecule has 0 aliphatic rings. The van der Waals surface area contributed by atoms with Crippen LogP contribution in [0.4, 0.5) is 0 Å². The molecular weight excluding hydrogens is 249 g/mol. The van der Waals surface area contributed by atoms with Crippen LogP contribution in [0.2, 0.25) is 10.0 Å². The summed E-state index contributed by atoms with van der Waals surface area (Å²) in [6, 6.07) is 4.88. The Kier molecular flexibility index (Phi) is 4.44. The van der Waals surface area contributed by atoms with Gasteiger partial charge in [0.05, 0.1) is 5.02 Å². The first-order valence-corrected chi connectivity index (χ1v) is 5.50. The van der Waals surface area contributed by atoms with Crippen molar-refractivity contribution in [3.63, 3.8) is 0 Å². The van der Waals surface area contributed by atoms with Crippen LogP contribution in [0, 0.1) is 0 Å². The Bertz CT molecular complexity index is 394. The molecule has 0 aliphatic heterocycles. The molecule has 1 rings (SSSR count). The summed E-state index contributed by atoms with van der Waals surface area (Å²) in [6.45, 7) is 1.67. The summed E-state index contributed by atoms with van der Waals surface area (Å²) in [4.78, 5) is 13.0. The summed E-state index contributed by atoms with van der Waals surface area (Å²) in [5.41, 5.74) is 0. The Labute approximate surface area is 105 Å². The predicted octanol–water partition coefficient (Wildman–Crippen LogP) is 2.85. The first-order valence-electron chi connectivity index (χ1n) is 4.74. The molecule has 3 nitrogen and oxygen atoms in total. The molecule has 1 atom stereocenters. The van der Waals surface area contributed by atoms with Crippen LogP contribution in [0.3, 0.4) is 0 Å². The number of hydrogen-bond donors (Lipinski definition) is 0. The highest BCUT2D eigenvalue weighted by molar-refractivity contribution is 6.34. The van der Waals surface area contributed by atoms with E-state index >= 15 is 0 Å². The molecule has 0 fully saturated rings. The fourth-order valence-electron chi connectivity index (χ4n) is 1.17. The predicted molar refractivity (Wildman–Crippen MR) is 65.2 cm³/mol. The van der Waals surface area contributed by atoms with Crippen LogP contribution in [-0.2, 0) is 4.79 Å². The van der Waals surface area contributed by atoms with Crippen LogP contribution in [0.15, 0.2) is 18.2 Å². The Morgan fingerprint density at radius 1 is 1.38 bits per heavy atom. The Hall–Kier alpha value is -0.930. The summed E-state index contributed by atoms with van der Waals surface area (Å²) >= 11 is 11.7. The molecule has 1 amide bonds. The highest BCUT2D eigenvalue weighted by Gasteiger charge is 2.17. The first-order chi connectivity index (χ1) is 7.41. The van der Waals surface area contributed by atoms with Crippen LogP contribution in [-0.4, -0.2) is 31.0 Å². The van der Waals surface area contributed by atoms with Gasteiger partial charge >= 0.3 is 0 Å². The van der Waals surface area contributed by atoms with Crippen LogP contribution in [0.25, 0.3) is 0 Å². The van der Waals surface area contributed by atoms with Crippen molar-refractivity contribution in [3.05, 3.63) is 28.2 Å². The molecule has 1 aromatic carbocycles. The molecule has 88 valence electrons. The molecule has 1 unspecified atom stereocenters. The van der Waals surface area contributed by atoms with Gasteiger partial charge in [-0.15, -0.1) is 0 Å². The van der Waals surface area contributed by atoms with Gasteiger partial charge in [-0.1, -0.05) is 23.2 Å². The lowest BCUT2D eigenvalue weighted by Gasteiger charge is -2.18. The molecule has 0 aromatic heterocycles. The van der Waals surface area contributed by atoms with E-state index in [1.165, 1.54) is 4.90 Å². The van der Waals surface area contributed by atoms with Crippen LogP contribution in [0.5, 0.6) is 5.75 Å². The zero-order chi connectivity index (χ0) is 12.3. The Morgan fingerprint density at radius 2 is 2.00 bits per heavy atom. The second-order valence-corrected chi connectivity index (χ2v) is 4.41. The minimum absolute atomic E-state index is 0.129. The number of likely N-dealkylation sites (N-methyl/N-ethyl adjacent to an activating group) is 1. The fourth-order valence-corrected chi connectivity index (χ4v) is 1.50. The van der Waals surface area contributed by atoms with Gasteiger partial charge in [-0.2, -0.15) is 0 Å². The summed E-state index contributed by atoms with van der Waals surface area (Å²) in [6.07, 6.45) is -0.592. The molecule has 5 heteroatoms. The van der Waals surface area contributed by atoms with Crippen molar-refractivity contribution in [2.75, 3.05) is 14.1 Å². The SMILES string of the molecule is CC(Oc1cc(Cl)ccc1Cl)C(=O)N(C)C. The average Bonchev–Trinajstić information content (AvgIpc) is 2.22. The van der Waals surface area contributed by atoms with E-state index < -0.39 is 6.10 Å². The molecule has 0 saturated carbocycles. The minimum atomic E-state index is -0.592. The molecule has 0 N–H and O–H groups in total. The second kappa shape index (κ2) is 5.41. The van der Waals surface area contributed by atoms with Crippen molar-refractivity contribution < 1.29 is 9.53 Å². The van der Waals surface area contributed by atoms with E-state index in [2.05, 4.69) is 0 Å². The number of benzene rings is 1. The maximum Gasteiger partial charge on any atom is 0.262 e. The standard InChI is InChI=1S/C11H13Cl2NO2/c1-7(11(15)14(2)3)16-10-6-8(12)4-5-9(10)13/h4-7H,1-3H3. The van der Waals surface area contributed by atoms with E-state index in [0.717, 1.165) is 0 Å². The lowest BCUT2D eigenvalue weighted by atomic mass is 10.3. The van der Waals surface area contributed by atoms with Crippen molar-refractivity contribution in [1.82, 2.24) is 4.90 Å². The monoisotopic (exact) mass is 261 g/mol. The molecule has 0 aliphatic carbocycles. The van der Waals surface area contributed by atoms with Crippen LogP contribution < -0.4 is 4.74 Å². The topological polar surface area (TPSA) is 29.5 Å². The highest BCUT2D eigenvalue weighted by Crippen LogP contribution is 2.28. The zero-order valence-electron chi connectivity index (χ0n) is 9.33. The number of carbonyl (C=O) groups is 1. The molecule has 0 spiro atoms. The summed E-state index contributed by atoms with van der Waals surface area (Å²) in [5.74, 6) is 0.285. The number of halogens is 2.